The Kier molecular flexibility index (Phi) is 6.25. The molecule has 152 valence electrons. The van der Waals surface area contributed by atoms with Crippen molar-refractivity contribution >= 4 is 0 Å². The second-order valence-electron chi connectivity index (χ2n) is 7.78. The summed E-state index contributed by atoms with van der Waals surface area (Å²) in [4.78, 5) is 6.54. The molecule has 1 aromatic heterocycles. The molecule has 0 unspecified atom stereocenters. The summed E-state index contributed by atoms with van der Waals surface area (Å²) >= 11 is 0. The van der Waals surface area contributed by atoms with Crippen molar-refractivity contribution in [3.63, 3.8) is 0 Å². The van der Waals surface area contributed by atoms with Gasteiger partial charge in [0.25, 0.3) is 0 Å². The van der Waals surface area contributed by atoms with Crippen LogP contribution in [0.15, 0.2) is 55.1 Å². The van der Waals surface area contributed by atoms with E-state index in [-0.39, 0.29) is 5.82 Å². The first-order valence-electron chi connectivity index (χ1n) is 10.3. The van der Waals surface area contributed by atoms with E-state index in [1.165, 1.54) is 35.2 Å². The van der Waals surface area contributed by atoms with Crippen molar-refractivity contribution in [3.8, 4) is 5.75 Å². The maximum atomic E-state index is 13.3. The number of ether oxygens (including phenoxy) is 1. The molecule has 0 radical (unpaired) electrons. The molecule has 2 aromatic carbocycles. The summed E-state index contributed by atoms with van der Waals surface area (Å²) < 4.78 is 21.1. The Morgan fingerprint density at radius 1 is 1.10 bits per heavy atom. The number of aryl methyl sites for hydroxylation is 3. The molecule has 0 bridgehead atoms. The second-order valence-corrected chi connectivity index (χ2v) is 7.78. The molecule has 1 aliphatic carbocycles. The predicted molar refractivity (Wildman–Crippen MR) is 112 cm³/mol. The van der Waals surface area contributed by atoms with Gasteiger partial charge in [0, 0.05) is 44.1 Å². The average molecular weight is 394 g/mol. The first-order valence-corrected chi connectivity index (χ1v) is 10.3. The lowest BCUT2D eigenvalue weighted by molar-refractivity contribution is 0.244. The van der Waals surface area contributed by atoms with Crippen LogP contribution in [0.25, 0.3) is 0 Å². The third-order valence-electron chi connectivity index (χ3n) is 5.66. The molecule has 1 heterocycles. The van der Waals surface area contributed by atoms with Crippen molar-refractivity contribution < 1.29 is 9.13 Å². The van der Waals surface area contributed by atoms with Crippen LogP contribution < -0.4 is 4.74 Å². The number of hydrogen-bond donors (Lipinski definition) is 0. The quantitative estimate of drug-likeness (QED) is 0.532. The van der Waals surface area contributed by atoms with Crippen LogP contribution in [-0.4, -0.2) is 28.1 Å². The van der Waals surface area contributed by atoms with Crippen LogP contribution in [0, 0.1) is 5.82 Å². The normalized spacial score (nSPS) is 13.1. The van der Waals surface area contributed by atoms with Crippen molar-refractivity contribution in [2.24, 2.45) is 0 Å². The Morgan fingerprint density at radius 3 is 2.62 bits per heavy atom. The van der Waals surface area contributed by atoms with Gasteiger partial charge in [0.2, 0.25) is 0 Å². The molecule has 0 aliphatic heterocycles. The fraction of sp³-hybridized carbons (Fsp3) is 0.375. The standard InChI is InChI=1S/C24H28FN3O/c1-29-24-15-21-5-2-4-20(21)14-22(24)17-28(12-3-11-27-13-10-26-18-27)16-19-6-8-23(25)9-7-19/h6-10,13-15,18H,2-5,11-12,16-17H2,1H3. The number of benzene rings is 2. The van der Waals surface area contributed by atoms with Gasteiger partial charge in [-0.05, 0) is 60.6 Å². The highest BCUT2D eigenvalue weighted by atomic mass is 19.1. The summed E-state index contributed by atoms with van der Waals surface area (Å²) in [6, 6.07) is 11.4. The minimum absolute atomic E-state index is 0.194. The van der Waals surface area contributed by atoms with Crippen molar-refractivity contribution in [1.29, 1.82) is 0 Å². The van der Waals surface area contributed by atoms with Gasteiger partial charge < -0.3 is 9.30 Å². The zero-order valence-electron chi connectivity index (χ0n) is 17.0. The Hall–Kier alpha value is -2.66. The van der Waals surface area contributed by atoms with Crippen LogP contribution >= 0.6 is 0 Å². The summed E-state index contributed by atoms with van der Waals surface area (Å²) in [6.07, 6.45) is 10.2. The molecule has 0 fully saturated rings. The highest BCUT2D eigenvalue weighted by Gasteiger charge is 2.17. The zero-order chi connectivity index (χ0) is 20.1. The molecule has 0 saturated carbocycles. The fourth-order valence-electron chi connectivity index (χ4n) is 4.16. The topological polar surface area (TPSA) is 30.3 Å². The van der Waals surface area contributed by atoms with Crippen LogP contribution in [0.5, 0.6) is 5.75 Å². The van der Waals surface area contributed by atoms with Crippen LogP contribution in [-0.2, 0) is 32.5 Å². The van der Waals surface area contributed by atoms with E-state index in [9.17, 15) is 4.39 Å². The van der Waals surface area contributed by atoms with E-state index in [2.05, 4.69) is 26.6 Å². The zero-order valence-corrected chi connectivity index (χ0v) is 17.0. The van der Waals surface area contributed by atoms with Gasteiger partial charge in [-0.3, -0.25) is 4.90 Å². The summed E-state index contributed by atoms with van der Waals surface area (Å²) in [5.41, 5.74) is 5.24. The number of methoxy groups -OCH3 is 1. The van der Waals surface area contributed by atoms with E-state index in [0.717, 1.165) is 56.8 Å². The van der Waals surface area contributed by atoms with E-state index >= 15 is 0 Å². The van der Waals surface area contributed by atoms with Crippen LogP contribution in [0.4, 0.5) is 4.39 Å². The molecular weight excluding hydrogens is 365 g/mol. The molecule has 0 N–H and O–H groups in total. The third kappa shape index (κ3) is 5.04. The lowest BCUT2D eigenvalue weighted by Crippen LogP contribution is -2.25. The number of halogens is 1. The van der Waals surface area contributed by atoms with Crippen LogP contribution in [0.2, 0.25) is 0 Å². The van der Waals surface area contributed by atoms with E-state index in [1.54, 1.807) is 7.11 Å². The highest BCUT2D eigenvalue weighted by molar-refractivity contribution is 5.44. The number of fused-ring (bicyclic) bond motifs is 1. The first-order chi connectivity index (χ1) is 14.2. The molecule has 1 aliphatic rings. The molecular formula is C24H28FN3O. The van der Waals surface area contributed by atoms with Gasteiger partial charge in [-0.15, -0.1) is 0 Å². The maximum absolute atomic E-state index is 13.3. The van der Waals surface area contributed by atoms with Crippen LogP contribution in [0.3, 0.4) is 0 Å². The van der Waals surface area contributed by atoms with Crippen molar-refractivity contribution in [2.45, 2.75) is 45.3 Å². The van der Waals surface area contributed by atoms with E-state index in [1.807, 2.05) is 30.9 Å². The second kappa shape index (κ2) is 9.23. The fourth-order valence-corrected chi connectivity index (χ4v) is 4.16. The van der Waals surface area contributed by atoms with E-state index < -0.39 is 0 Å². The molecule has 3 aromatic rings. The Labute approximate surface area is 172 Å². The Morgan fingerprint density at radius 2 is 1.90 bits per heavy atom. The molecule has 0 atom stereocenters. The monoisotopic (exact) mass is 393 g/mol. The minimum atomic E-state index is -0.194. The highest BCUT2D eigenvalue weighted by Crippen LogP contribution is 2.31. The predicted octanol–water partition coefficient (Wildman–Crippen LogP) is 4.61. The minimum Gasteiger partial charge on any atom is -0.496 e. The first kappa shape index (κ1) is 19.6. The van der Waals surface area contributed by atoms with E-state index in [0.29, 0.717) is 0 Å². The molecule has 5 heteroatoms. The number of imidazole rings is 1. The SMILES string of the molecule is COc1cc2c(cc1CN(CCCn1ccnc1)Cc1ccc(F)cc1)CCC2. The number of aromatic nitrogens is 2. The van der Waals surface area contributed by atoms with Crippen LogP contribution in [0.1, 0.15) is 35.1 Å². The van der Waals surface area contributed by atoms with Crippen molar-refractivity contribution in [2.75, 3.05) is 13.7 Å². The smallest absolute Gasteiger partial charge is 0.123 e. The van der Waals surface area contributed by atoms with Gasteiger partial charge in [-0.1, -0.05) is 18.2 Å². The molecule has 4 nitrogen and oxygen atoms in total. The lowest BCUT2D eigenvalue weighted by atomic mass is 10.0. The molecule has 29 heavy (non-hydrogen) atoms. The van der Waals surface area contributed by atoms with Gasteiger partial charge >= 0.3 is 0 Å². The van der Waals surface area contributed by atoms with Gasteiger partial charge in [0.05, 0.1) is 13.4 Å². The largest absolute Gasteiger partial charge is 0.496 e. The summed E-state index contributed by atoms with van der Waals surface area (Å²) in [5, 5.41) is 0. The van der Waals surface area contributed by atoms with Crippen molar-refractivity contribution in [1.82, 2.24) is 14.5 Å². The maximum Gasteiger partial charge on any atom is 0.123 e. The summed E-state index contributed by atoms with van der Waals surface area (Å²) in [6.45, 7) is 3.47. The summed E-state index contributed by atoms with van der Waals surface area (Å²) in [7, 11) is 1.75. The molecule has 0 amide bonds. The van der Waals surface area contributed by atoms with Gasteiger partial charge in [-0.2, -0.15) is 0 Å². The third-order valence-corrected chi connectivity index (χ3v) is 5.66. The number of hydrogen-bond acceptors (Lipinski definition) is 3. The summed E-state index contributed by atoms with van der Waals surface area (Å²) in [5.74, 6) is 0.782. The Balaban J connectivity index is 1.50. The van der Waals surface area contributed by atoms with Gasteiger partial charge in [0.1, 0.15) is 11.6 Å². The Bertz CT molecular complexity index is 922. The average Bonchev–Trinajstić information content (AvgIpc) is 3.40. The molecule has 0 spiro atoms. The molecule has 0 saturated heterocycles. The van der Waals surface area contributed by atoms with Gasteiger partial charge in [0.15, 0.2) is 0 Å². The molecule has 4 rings (SSSR count). The van der Waals surface area contributed by atoms with Gasteiger partial charge in [-0.25, -0.2) is 9.37 Å². The lowest BCUT2D eigenvalue weighted by Gasteiger charge is -2.24. The number of rotatable bonds is 9. The number of nitrogens with zero attached hydrogens (tertiary/aromatic N) is 3. The van der Waals surface area contributed by atoms with E-state index in [4.69, 9.17) is 4.74 Å². The van der Waals surface area contributed by atoms with Crippen molar-refractivity contribution in [3.05, 3.63) is 83.2 Å².